The number of hydrogen-bond donors (Lipinski definition) is 2. The van der Waals surface area contributed by atoms with Crippen molar-refractivity contribution in [2.24, 2.45) is 0 Å². The predicted molar refractivity (Wildman–Crippen MR) is 73.3 cm³/mol. The molecule has 0 saturated heterocycles. The van der Waals surface area contributed by atoms with Gasteiger partial charge in [-0.1, -0.05) is 22.9 Å². The van der Waals surface area contributed by atoms with E-state index in [-0.39, 0.29) is 0 Å². The molecule has 0 bridgehead atoms. The Morgan fingerprint density at radius 3 is 2.88 bits per heavy atom. The fraction of sp³-hybridized carbons (Fsp3) is 0.538. The average Bonchev–Trinajstić information content (AvgIpc) is 2.30. The van der Waals surface area contributed by atoms with Gasteiger partial charge in [0.2, 0.25) is 0 Å². The summed E-state index contributed by atoms with van der Waals surface area (Å²) in [5.41, 5.74) is 1.17. The molecule has 0 aromatic heterocycles. The van der Waals surface area contributed by atoms with E-state index in [2.05, 4.69) is 28.2 Å². The Hall–Kier alpha value is -0.580. The third-order valence-electron chi connectivity index (χ3n) is 2.25. The number of ether oxygens (including phenoxy) is 1. The molecule has 3 nitrogen and oxygen atoms in total. The minimum absolute atomic E-state index is 0.323. The van der Waals surface area contributed by atoms with Crippen LogP contribution in [0.4, 0.5) is 0 Å². The molecule has 17 heavy (non-hydrogen) atoms. The van der Waals surface area contributed by atoms with E-state index in [9.17, 15) is 0 Å². The summed E-state index contributed by atoms with van der Waals surface area (Å²) in [6.07, 6.45) is 0.677. The molecule has 0 aliphatic heterocycles. The van der Waals surface area contributed by atoms with Crippen molar-refractivity contribution in [2.75, 3.05) is 13.2 Å². The van der Waals surface area contributed by atoms with E-state index >= 15 is 0 Å². The highest BCUT2D eigenvalue weighted by molar-refractivity contribution is 9.10. The molecule has 2 N–H and O–H groups in total. The van der Waals surface area contributed by atoms with Crippen molar-refractivity contribution in [1.82, 2.24) is 5.32 Å². The smallest absolute Gasteiger partial charge is 0.119 e. The molecule has 0 aliphatic rings. The molecule has 1 rings (SSSR count). The van der Waals surface area contributed by atoms with Crippen LogP contribution in [0, 0.1) is 0 Å². The maximum atomic E-state index is 9.16. The number of hydrogen-bond acceptors (Lipinski definition) is 3. The molecule has 0 saturated carbocycles. The second-order valence-electron chi connectivity index (χ2n) is 4.09. The topological polar surface area (TPSA) is 41.5 Å². The fourth-order valence-electron chi connectivity index (χ4n) is 1.39. The number of benzene rings is 1. The number of aliphatic hydroxyl groups is 1. The minimum atomic E-state index is -0.444. The van der Waals surface area contributed by atoms with Crippen LogP contribution in [-0.4, -0.2) is 24.4 Å². The molecular weight excluding hydrogens is 282 g/mol. The standard InChI is InChI=1S/C13H20BrNO2/c1-3-6-15-8-11-7-12(4-5-13(11)14)17-9-10(2)16/h4-5,7,10,15-16H,3,6,8-9H2,1-2H3. The number of rotatable bonds is 7. The Morgan fingerprint density at radius 1 is 1.47 bits per heavy atom. The molecule has 4 heteroatoms. The van der Waals surface area contributed by atoms with Gasteiger partial charge in [-0.3, -0.25) is 0 Å². The van der Waals surface area contributed by atoms with Crippen LogP contribution in [-0.2, 0) is 6.54 Å². The van der Waals surface area contributed by atoms with E-state index in [0.29, 0.717) is 6.61 Å². The quantitative estimate of drug-likeness (QED) is 0.761. The van der Waals surface area contributed by atoms with Gasteiger partial charge in [0, 0.05) is 11.0 Å². The molecule has 96 valence electrons. The van der Waals surface area contributed by atoms with Crippen LogP contribution in [0.1, 0.15) is 25.8 Å². The maximum Gasteiger partial charge on any atom is 0.119 e. The van der Waals surface area contributed by atoms with Gasteiger partial charge in [-0.2, -0.15) is 0 Å². The van der Waals surface area contributed by atoms with Crippen molar-refractivity contribution in [3.8, 4) is 5.75 Å². The Kier molecular flexibility index (Phi) is 6.55. The SMILES string of the molecule is CCCNCc1cc(OCC(C)O)ccc1Br. The van der Waals surface area contributed by atoms with Crippen molar-refractivity contribution in [2.45, 2.75) is 32.9 Å². The van der Waals surface area contributed by atoms with Crippen LogP contribution in [0.5, 0.6) is 5.75 Å². The zero-order valence-electron chi connectivity index (χ0n) is 10.4. The van der Waals surface area contributed by atoms with Crippen LogP contribution in [0.15, 0.2) is 22.7 Å². The normalized spacial score (nSPS) is 12.5. The molecule has 1 aromatic carbocycles. The molecule has 0 aliphatic carbocycles. The summed E-state index contributed by atoms with van der Waals surface area (Å²) in [5, 5.41) is 12.5. The van der Waals surface area contributed by atoms with E-state index in [1.54, 1.807) is 6.92 Å². The molecule has 1 unspecified atom stereocenters. The van der Waals surface area contributed by atoms with Crippen molar-refractivity contribution < 1.29 is 9.84 Å². The lowest BCUT2D eigenvalue weighted by molar-refractivity contribution is 0.122. The maximum absolute atomic E-state index is 9.16. The summed E-state index contributed by atoms with van der Waals surface area (Å²) in [6.45, 7) is 6.00. The Bertz CT molecular complexity index is 342. The summed E-state index contributed by atoms with van der Waals surface area (Å²) in [5.74, 6) is 0.794. The summed E-state index contributed by atoms with van der Waals surface area (Å²) in [4.78, 5) is 0. The molecule has 0 heterocycles. The summed E-state index contributed by atoms with van der Waals surface area (Å²) >= 11 is 3.52. The highest BCUT2D eigenvalue weighted by Crippen LogP contribution is 2.22. The first-order valence-corrected chi connectivity index (χ1v) is 6.72. The largest absolute Gasteiger partial charge is 0.491 e. The zero-order valence-corrected chi connectivity index (χ0v) is 12.0. The summed E-state index contributed by atoms with van der Waals surface area (Å²) in [7, 11) is 0. The van der Waals surface area contributed by atoms with Gasteiger partial charge in [0.1, 0.15) is 12.4 Å². The summed E-state index contributed by atoms with van der Waals surface area (Å²) < 4.78 is 6.55. The predicted octanol–water partition coefficient (Wildman–Crippen LogP) is 2.71. The van der Waals surface area contributed by atoms with E-state index in [4.69, 9.17) is 9.84 Å². The molecule has 0 amide bonds. The van der Waals surface area contributed by atoms with Gasteiger partial charge in [-0.05, 0) is 43.7 Å². The van der Waals surface area contributed by atoms with E-state index in [1.165, 1.54) is 5.56 Å². The van der Waals surface area contributed by atoms with Crippen LogP contribution in [0.2, 0.25) is 0 Å². The van der Waals surface area contributed by atoms with E-state index < -0.39 is 6.10 Å². The fourth-order valence-corrected chi connectivity index (χ4v) is 1.78. The van der Waals surface area contributed by atoms with Gasteiger partial charge < -0.3 is 15.2 Å². The Labute approximate surface area is 111 Å². The van der Waals surface area contributed by atoms with Crippen LogP contribution in [0.3, 0.4) is 0 Å². The van der Waals surface area contributed by atoms with Gasteiger partial charge in [0.15, 0.2) is 0 Å². The summed E-state index contributed by atoms with van der Waals surface area (Å²) in [6, 6.07) is 5.87. The van der Waals surface area contributed by atoms with Gasteiger partial charge in [-0.15, -0.1) is 0 Å². The highest BCUT2D eigenvalue weighted by Gasteiger charge is 2.03. The third-order valence-corrected chi connectivity index (χ3v) is 3.02. The molecule has 1 aromatic rings. The van der Waals surface area contributed by atoms with E-state index in [1.807, 2.05) is 18.2 Å². The first-order chi connectivity index (χ1) is 8.13. The minimum Gasteiger partial charge on any atom is -0.491 e. The van der Waals surface area contributed by atoms with Crippen molar-refractivity contribution >= 4 is 15.9 Å². The number of nitrogens with one attached hydrogen (secondary N) is 1. The van der Waals surface area contributed by atoms with Gasteiger partial charge >= 0.3 is 0 Å². The molecule has 0 fully saturated rings. The average molecular weight is 302 g/mol. The van der Waals surface area contributed by atoms with E-state index in [0.717, 1.165) is 29.7 Å². The zero-order chi connectivity index (χ0) is 12.7. The lowest BCUT2D eigenvalue weighted by atomic mass is 10.2. The monoisotopic (exact) mass is 301 g/mol. The Morgan fingerprint density at radius 2 is 2.24 bits per heavy atom. The molecule has 1 atom stereocenters. The van der Waals surface area contributed by atoms with Crippen LogP contribution >= 0.6 is 15.9 Å². The Balaban J connectivity index is 2.59. The second-order valence-corrected chi connectivity index (χ2v) is 4.94. The number of halogens is 1. The van der Waals surface area contributed by atoms with Gasteiger partial charge in [-0.25, -0.2) is 0 Å². The first kappa shape index (κ1) is 14.5. The van der Waals surface area contributed by atoms with Gasteiger partial charge in [0.25, 0.3) is 0 Å². The second kappa shape index (κ2) is 7.69. The molecular formula is C13H20BrNO2. The van der Waals surface area contributed by atoms with Crippen molar-refractivity contribution in [1.29, 1.82) is 0 Å². The molecule has 0 radical (unpaired) electrons. The van der Waals surface area contributed by atoms with Crippen LogP contribution in [0.25, 0.3) is 0 Å². The number of aliphatic hydroxyl groups excluding tert-OH is 1. The third kappa shape index (κ3) is 5.52. The van der Waals surface area contributed by atoms with Crippen molar-refractivity contribution in [3.05, 3.63) is 28.2 Å². The highest BCUT2D eigenvalue weighted by atomic mass is 79.9. The molecule has 0 spiro atoms. The lowest BCUT2D eigenvalue weighted by Gasteiger charge is -2.11. The van der Waals surface area contributed by atoms with Crippen LogP contribution < -0.4 is 10.1 Å². The first-order valence-electron chi connectivity index (χ1n) is 5.93. The van der Waals surface area contributed by atoms with Crippen molar-refractivity contribution in [3.63, 3.8) is 0 Å². The lowest BCUT2D eigenvalue weighted by Crippen LogP contribution is -2.15. The van der Waals surface area contributed by atoms with Gasteiger partial charge in [0.05, 0.1) is 6.10 Å².